The van der Waals surface area contributed by atoms with Gasteiger partial charge in [-0.1, -0.05) is 18.2 Å². The van der Waals surface area contributed by atoms with Crippen LogP contribution >= 0.6 is 0 Å². The number of aryl methyl sites for hydroxylation is 2. The molecule has 0 unspecified atom stereocenters. The maximum Gasteiger partial charge on any atom is 0.0643 e. The first-order valence-corrected chi connectivity index (χ1v) is 6.10. The van der Waals surface area contributed by atoms with Gasteiger partial charge in [0.2, 0.25) is 0 Å². The summed E-state index contributed by atoms with van der Waals surface area (Å²) >= 11 is 0. The van der Waals surface area contributed by atoms with E-state index in [-0.39, 0.29) is 6.61 Å². The third-order valence-electron chi connectivity index (χ3n) is 2.97. The number of benzene rings is 1. The van der Waals surface area contributed by atoms with Gasteiger partial charge in [0.15, 0.2) is 0 Å². The van der Waals surface area contributed by atoms with E-state index in [0.29, 0.717) is 6.54 Å². The van der Waals surface area contributed by atoms with Gasteiger partial charge in [-0.2, -0.15) is 5.10 Å². The number of para-hydroxylation sites is 1. The van der Waals surface area contributed by atoms with E-state index in [1.807, 2.05) is 43.0 Å². The molecule has 4 nitrogen and oxygen atoms in total. The summed E-state index contributed by atoms with van der Waals surface area (Å²) in [5, 5.41) is 13.5. The molecule has 0 saturated heterocycles. The van der Waals surface area contributed by atoms with Crippen molar-refractivity contribution in [1.29, 1.82) is 0 Å². The van der Waals surface area contributed by atoms with Crippen LogP contribution in [0.1, 0.15) is 11.3 Å². The smallest absolute Gasteiger partial charge is 0.0643 e. The van der Waals surface area contributed by atoms with E-state index < -0.39 is 0 Å². The number of nitrogens with zero attached hydrogens (tertiary/aromatic N) is 3. The first-order chi connectivity index (χ1) is 8.70. The van der Waals surface area contributed by atoms with Gasteiger partial charge in [-0.15, -0.1) is 0 Å². The fourth-order valence-electron chi connectivity index (χ4n) is 2.07. The zero-order valence-corrected chi connectivity index (χ0v) is 10.9. The molecule has 4 heteroatoms. The van der Waals surface area contributed by atoms with Crippen LogP contribution in [0.15, 0.2) is 36.5 Å². The first-order valence-electron chi connectivity index (χ1n) is 6.10. The predicted molar refractivity (Wildman–Crippen MR) is 72.5 cm³/mol. The molecule has 0 fully saturated rings. The van der Waals surface area contributed by atoms with Crippen molar-refractivity contribution in [3.05, 3.63) is 47.8 Å². The Morgan fingerprint density at radius 1 is 1.28 bits per heavy atom. The van der Waals surface area contributed by atoms with Crippen molar-refractivity contribution >= 4 is 5.69 Å². The van der Waals surface area contributed by atoms with Crippen molar-refractivity contribution in [3.63, 3.8) is 0 Å². The Balaban J connectivity index is 2.19. The van der Waals surface area contributed by atoms with Crippen molar-refractivity contribution in [2.45, 2.75) is 13.5 Å². The van der Waals surface area contributed by atoms with Gasteiger partial charge in [0.1, 0.15) is 0 Å². The highest BCUT2D eigenvalue weighted by Crippen LogP contribution is 2.17. The predicted octanol–water partition coefficient (Wildman–Crippen LogP) is 1.73. The molecule has 0 spiro atoms. The van der Waals surface area contributed by atoms with Crippen LogP contribution in [0.2, 0.25) is 0 Å². The Kier molecular flexibility index (Phi) is 3.99. The standard InChI is InChI=1S/C14H19N3O/c1-12-13(10-16(2)15-12)11-17(8-9-18)14-6-4-3-5-7-14/h3-7,10,18H,8-9,11H2,1-2H3. The van der Waals surface area contributed by atoms with Gasteiger partial charge in [-0.05, 0) is 19.1 Å². The van der Waals surface area contributed by atoms with E-state index in [1.54, 1.807) is 0 Å². The Morgan fingerprint density at radius 2 is 2.00 bits per heavy atom. The molecule has 0 amide bonds. The van der Waals surface area contributed by atoms with Crippen molar-refractivity contribution in [2.24, 2.45) is 7.05 Å². The minimum absolute atomic E-state index is 0.147. The lowest BCUT2D eigenvalue weighted by Crippen LogP contribution is -2.26. The first kappa shape index (κ1) is 12.6. The minimum Gasteiger partial charge on any atom is -0.395 e. The van der Waals surface area contributed by atoms with Gasteiger partial charge in [0.25, 0.3) is 0 Å². The molecule has 1 heterocycles. The summed E-state index contributed by atoms with van der Waals surface area (Å²) in [6, 6.07) is 10.1. The van der Waals surface area contributed by atoms with E-state index in [0.717, 1.165) is 17.9 Å². The SMILES string of the molecule is Cc1nn(C)cc1CN(CCO)c1ccccc1. The van der Waals surface area contributed by atoms with E-state index in [9.17, 15) is 5.11 Å². The summed E-state index contributed by atoms with van der Waals surface area (Å²) in [6.07, 6.45) is 2.03. The molecule has 1 aromatic heterocycles. The number of hydrogen-bond acceptors (Lipinski definition) is 3. The number of anilines is 1. The zero-order valence-electron chi connectivity index (χ0n) is 10.9. The second kappa shape index (κ2) is 5.69. The molecule has 0 aliphatic rings. The monoisotopic (exact) mass is 245 g/mol. The lowest BCUT2D eigenvalue weighted by atomic mass is 10.2. The van der Waals surface area contributed by atoms with E-state index in [4.69, 9.17) is 0 Å². The molecule has 18 heavy (non-hydrogen) atoms. The normalized spacial score (nSPS) is 10.6. The van der Waals surface area contributed by atoms with Crippen LogP contribution in [-0.2, 0) is 13.6 Å². The zero-order chi connectivity index (χ0) is 13.0. The summed E-state index contributed by atoms with van der Waals surface area (Å²) in [7, 11) is 1.93. The number of aromatic nitrogens is 2. The van der Waals surface area contributed by atoms with Crippen LogP contribution in [0.4, 0.5) is 5.69 Å². The Hall–Kier alpha value is -1.81. The van der Waals surface area contributed by atoms with Crippen molar-refractivity contribution in [2.75, 3.05) is 18.1 Å². The van der Waals surface area contributed by atoms with Gasteiger partial charge in [0.05, 0.1) is 12.3 Å². The fourth-order valence-corrected chi connectivity index (χ4v) is 2.07. The highest BCUT2D eigenvalue weighted by Gasteiger charge is 2.10. The molecule has 0 saturated carbocycles. The number of hydrogen-bond donors (Lipinski definition) is 1. The fraction of sp³-hybridized carbons (Fsp3) is 0.357. The van der Waals surface area contributed by atoms with Crippen molar-refractivity contribution in [3.8, 4) is 0 Å². The molecule has 96 valence electrons. The molecule has 0 aliphatic heterocycles. The largest absolute Gasteiger partial charge is 0.395 e. The molecule has 0 bridgehead atoms. The quantitative estimate of drug-likeness (QED) is 0.872. The van der Waals surface area contributed by atoms with Gasteiger partial charge >= 0.3 is 0 Å². The maximum absolute atomic E-state index is 9.19. The summed E-state index contributed by atoms with van der Waals surface area (Å²) in [5.74, 6) is 0. The van der Waals surface area contributed by atoms with Gasteiger partial charge in [-0.25, -0.2) is 0 Å². The van der Waals surface area contributed by atoms with Gasteiger partial charge in [0, 0.05) is 37.6 Å². The topological polar surface area (TPSA) is 41.3 Å². The van der Waals surface area contributed by atoms with Crippen molar-refractivity contribution < 1.29 is 5.11 Å². The van der Waals surface area contributed by atoms with E-state index in [2.05, 4.69) is 22.1 Å². The van der Waals surface area contributed by atoms with Crippen LogP contribution in [0.3, 0.4) is 0 Å². The molecular weight excluding hydrogens is 226 g/mol. The molecular formula is C14H19N3O. The van der Waals surface area contributed by atoms with Crippen LogP contribution in [-0.4, -0.2) is 28.0 Å². The van der Waals surface area contributed by atoms with Gasteiger partial charge < -0.3 is 10.0 Å². The summed E-state index contributed by atoms with van der Waals surface area (Å²) < 4.78 is 1.83. The summed E-state index contributed by atoms with van der Waals surface area (Å²) in [4.78, 5) is 2.16. The Bertz CT molecular complexity index is 493. The lowest BCUT2D eigenvalue weighted by Gasteiger charge is -2.23. The average molecular weight is 245 g/mol. The highest BCUT2D eigenvalue weighted by atomic mass is 16.3. The van der Waals surface area contributed by atoms with Crippen LogP contribution < -0.4 is 4.90 Å². The summed E-state index contributed by atoms with van der Waals surface area (Å²) in [6.45, 7) is 3.55. The van der Waals surface area contributed by atoms with E-state index >= 15 is 0 Å². The van der Waals surface area contributed by atoms with Crippen LogP contribution in [0.5, 0.6) is 0 Å². The number of aliphatic hydroxyl groups is 1. The van der Waals surface area contributed by atoms with E-state index in [1.165, 1.54) is 5.56 Å². The second-order valence-electron chi connectivity index (χ2n) is 4.39. The average Bonchev–Trinajstić information content (AvgIpc) is 2.68. The number of rotatable bonds is 5. The Morgan fingerprint density at radius 3 is 2.56 bits per heavy atom. The highest BCUT2D eigenvalue weighted by molar-refractivity contribution is 5.46. The molecule has 0 radical (unpaired) electrons. The van der Waals surface area contributed by atoms with Gasteiger partial charge in [-0.3, -0.25) is 4.68 Å². The molecule has 1 aromatic carbocycles. The molecule has 0 atom stereocenters. The van der Waals surface area contributed by atoms with Crippen LogP contribution in [0.25, 0.3) is 0 Å². The molecule has 0 aliphatic carbocycles. The minimum atomic E-state index is 0.147. The Labute approximate surface area is 107 Å². The van der Waals surface area contributed by atoms with Crippen molar-refractivity contribution in [1.82, 2.24) is 9.78 Å². The molecule has 2 aromatic rings. The second-order valence-corrected chi connectivity index (χ2v) is 4.39. The lowest BCUT2D eigenvalue weighted by molar-refractivity contribution is 0.301. The molecule has 1 N–H and O–H groups in total. The van der Waals surface area contributed by atoms with Crippen LogP contribution in [0, 0.1) is 6.92 Å². The third kappa shape index (κ3) is 2.90. The molecule has 2 rings (SSSR count). The maximum atomic E-state index is 9.19. The summed E-state index contributed by atoms with van der Waals surface area (Å²) in [5.41, 5.74) is 3.35. The third-order valence-corrected chi connectivity index (χ3v) is 2.97. The number of aliphatic hydroxyl groups excluding tert-OH is 1.